The fourth-order valence-electron chi connectivity index (χ4n) is 1.99. The third-order valence-corrected chi connectivity index (χ3v) is 3.64. The van der Waals surface area contributed by atoms with Crippen LogP contribution in [-0.2, 0) is 9.53 Å². The second-order valence-electron chi connectivity index (χ2n) is 6.26. The Morgan fingerprint density at radius 1 is 1.15 bits per heavy atom. The molecular formula is C17H32O3. The van der Waals surface area contributed by atoms with Crippen LogP contribution in [0, 0.1) is 25.2 Å². The number of aliphatic hydroxyl groups excluding tert-OH is 1. The maximum atomic E-state index is 11.9. The molecule has 0 spiro atoms. The Balaban J connectivity index is 3.97. The topological polar surface area (TPSA) is 46.5 Å². The van der Waals surface area contributed by atoms with Crippen molar-refractivity contribution in [3.63, 3.8) is 0 Å². The van der Waals surface area contributed by atoms with Crippen LogP contribution in [0.3, 0.4) is 0 Å². The summed E-state index contributed by atoms with van der Waals surface area (Å²) < 4.78 is 5.12. The SMILES string of the molecule is [CH2]C([CH2])COC(=O)C(C)(C)C(O)CCCCCCCC. The Kier molecular flexibility index (Phi) is 9.91. The lowest BCUT2D eigenvalue weighted by Gasteiger charge is -2.28. The van der Waals surface area contributed by atoms with Crippen molar-refractivity contribution >= 4 is 5.97 Å². The maximum absolute atomic E-state index is 11.9. The number of esters is 1. The Morgan fingerprint density at radius 3 is 2.25 bits per heavy atom. The van der Waals surface area contributed by atoms with E-state index in [9.17, 15) is 9.90 Å². The predicted octanol–water partition coefficient (Wildman–Crippen LogP) is 3.95. The number of carbonyl (C=O) groups excluding carboxylic acids is 1. The van der Waals surface area contributed by atoms with Gasteiger partial charge in [0.15, 0.2) is 0 Å². The molecule has 0 heterocycles. The van der Waals surface area contributed by atoms with Crippen LogP contribution in [0.15, 0.2) is 0 Å². The molecule has 0 amide bonds. The molecule has 3 heteroatoms. The number of carbonyl (C=O) groups is 1. The molecule has 0 bridgehead atoms. The molecule has 0 aliphatic heterocycles. The number of aliphatic hydroxyl groups is 1. The number of unbranched alkanes of at least 4 members (excludes halogenated alkanes) is 5. The minimum absolute atomic E-state index is 0.176. The van der Waals surface area contributed by atoms with Gasteiger partial charge in [0.25, 0.3) is 0 Å². The molecule has 0 fully saturated rings. The lowest BCUT2D eigenvalue weighted by molar-refractivity contribution is -0.161. The van der Waals surface area contributed by atoms with Crippen LogP contribution in [0.4, 0.5) is 0 Å². The summed E-state index contributed by atoms with van der Waals surface area (Å²) in [5.74, 6) is -0.543. The van der Waals surface area contributed by atoms with E-state index in [4.69, 9.17) is 4.74 Å². The smallest absolute Gasteiger partial charge is 0.314 e. The Morgan fingerprint density at radius 2 is 1.70 bits per heavy atom. The minimum Gasteiger partial charge on any atom is -0.465 e. The van der Waals surface area contributed by atoms with Gasteiger partial charge in [-0.15, -0.1) is 0 Å². The first kappa shape index (κ1) is 19.4. The normalized spacial score (nSPS) is 13.6. The number of hydrogen-bond acceptors (Lipinski definition) is 3. The molecular weight excluding hydrogens is 252 g/mol. The highest BCUT2D eigenvalue weighted by Crippen LogP contribution is 2.27. The van der Waals surface area contributed by atoms with E-state index in [0.717, 1.165) is 12.8 Å². The van der Waals surface area contributed by atoms with Gasteiger partial charge >= 0.3 is 5.97 Å². The van der Waals surface area contributed by atoms with Gasteiger partial charge in [-0.05, 0) is 40.0 Å². The van der Waals surface area contributed by atoms with E-state index in [-0.39, 0.29) is 18.5 Å². The molecule has 0 saturated carbocycles. The van der Waals surface area contributed by atoms with E-state index in [1.807, 2.05) is 0 Å². The summed E-state index contributed by atoms with van der Waals surface area (Å²) >= 11 is 0. The molecule has 1 N–H and O–H groups in total. The summed E-state index contributed by atoms with van der Waals surface area (Å²) in [5.41, 5.74) is -0.863. The van der Waals surface area contributed by atoms with E-state index in [1.54, 1.807) is 13.8 Å². The largest absolute Gasteiger partial charge is 0.465 e. The zero-order valence-corrected chi connectivity index (χ0v) is 13.5. The maximum Gasteiger partial charge on any atom is 0.314 e. The molecule has 0 aromatic carbocycles. The first-order valence-corrected chi connectivity index (χ1v) is 7.83. The van der Waals surface area contributed by atoms with Crippen molar-refractivity contribution in [1.82, 2.24) is 0 Å². The molecule has 1 atom stereocenters. The van der Waals surface area contributed by atoms with Gasteiger partial charge < -0.3 is 9.84 Å². The monoisotopic (exact) mass is 284 g/mol. The predicted molar refractivity (Wildman–Crippen MR) is 82.9 cm³/mol. The van der Waals surface area contributed by atoms with Gasteiger partial charge in [0.1, 0.15) is 0 Å². The van der Waals surface area contributed by atoms with Crippen LogP contribution in [0.2, 0.25) is 0 Å². The third kappa shape index (κ3) is 7.88. The van der Waals surface area contributed by atoms with Crippen molar-refractivity contribution in [3.05, 3.63) is 13.8 Å². The zero-order chi connectivity index (χ0) is 15.6. The quantitative estimate of drug-likeness (QED) is 0.461. The highest BCUT2D eigenvalue weighted by Gasteiger charge is 2.36. The average molecular weight is 284 g/mol. The van der Waals surface area contributed by atoms with Crippen LogP contribution in [0.25, 0.3) is 0 Å². The van der Waals surface area contributed by atoms with Crippen molar-refractivity contribution in [3.8, 4) is 0 Å². The van der Waals surface area contributed by atoms with Crippen LogP contribution >= 0.6 is 0 Å². The van der Waals surface area contributed by atoms with Gasteiger partial charge in [-0.1, -0.05) is 45.4 Å². The lowest BCUT2D eigenvalue weighted by Crippen LogP contribution is -2.39. The second-order valence-corrected chi connectivity index (χ2v) is 6.26. The molecule has 0 saturated heterocycles. The van der Waals surface area contributed by atoms with Gasteiger partial charge in [0.05, 0.1) is 18.1 Å². The summed E-state index contributed by atoms with van der Waals surface area (Å²) in [6.45, 7) is 13.2. The van der Waals surface area contributed by atoms with Gasteiger partial charge in [-0.2, -0.15) is 0 Å². The number of rotatable bonds is 11. The van der Waals surface area contributed by atoms with Crippen molar-refractivity contribution in [2.45, 2.75) is 71.8 Å². The molecule has 2 radical (unpaired) electrons. The molecule has 1 unspecified atom stereocenters. The van der Waals surface area contributed by atoms with Crippen LogP contribution in [-0.4, -0.2) is 23.8 Å². The van der Waals surface area contributed by atoms with Crippen LogP contribution in [0.5, 0.6) is 0 Å². The fourth-order valence-corrected chi connectivity index (χ4v) is 1.99. The van der Waals surface area contributed by atoms with E-state index < -0.39 is 11.5 Å². The van der Waals surface area contributed by atoms with Gasteiger partial charge in [-0.3, -0.25) is 4.79 Å². The zero-order valence-electron chi connectivity index (χ0n) is 13.5. The van der Waals surface area contributed by atoms with Gasteiger partial charge in [-0.25, -0.2) is 0 Å². The Hall–Kier alpha value is -0.570. The summed E-state index contributed by atoms with van der Waals surface area (Å²) in [6.07, 6.45) is 7.03. The Bertz CT molecular complexity index is 259. The molecule has 0 rings (SSSR count). The molecule has 20 heavy (non-hydrogen) atoms. The molecule has 118 valence electrons. The van der Waals surface area contributed by atoms with Crippen molar-refractivity contribution in [2.75, 3.05) is 6.61 Å². The summed E-state index contributed by atoms with van der Waals surface area (Å²) in [6, 6.07) is 0. The van der Waals surface area contributed by atoms with Crippen molar-refractivity contribution in [1.29, 1.82) is 0 Å². The summed E-state index contributed by atoms with van der Waals surface area (Å²) in [7, 11) is 0. The molecule has 0 aromatic heterocycles. The highest BCUT2D eigenvalue weighted by molar-refractivity contribution is 5.76. The highest BCUT2D eigenvalue weighted by atomic mass is 16.5. The van der Waals surface area contributed by atoms with Crippen molar-refractivity contribution in [2.24, 2.45) is 11.3 Å². The number of hydrogen-bond donors (Lipinski definition) is 1. The average Bonchev–Trinajstić information content (AvgIpc) is 2.39. The molecule has 0 aliphatic carbocycles. The van der Waals surface area contributed by atoms with Crippen LogP contribution < -0.4 is 0 Å². The van der Waals surface area contributed by atoms with Gasteiger partial charge in [0.2, 0.25) is 0 Å². The van der Waals surface area contributed by atoms with Crippen LogP contribution in [0.1, 0.15) is 65.7 Å². The second kappa shape index (κ2) is 10.2. The van der Waals surface area contributed by atoms with E-state index in [1.165, 1.54) is 25.7 Å². The van der Waals surface area contributed by atoms with E-state index in [0.29, 0.717) is 6.42 Å². The first-order chi connectivity index (χ1) is 9.32. The third-order valence-electron chi connectivity index (χ3n) is 3.64. The minimum atomic E-state index is -0.863. The lowest BCUT2D eigenvalue weighted by atomic mass is 9.83. The van der Waals surface area contributed by atoms with E-state index >= 15 is 0 Å². The summed E-state index contributed by atoms with van der Waals surface area (Å²) in [4.78, 5) is 11.9. The number of ether oxygens (including phenoxy) is 1. The molecule has 0 aliphatic rings. The molecule has 3 nitrogen and oxygen atoms in total. The van der Waals surface area contributed by atoms with Gasteiger partial charge in [0, 0.05) is 0 Å². The van der Waals surface area contributed by atoms with E-state index in [2.05, 4.69) is 20.8 Å². The molecule has 0 aromatic rings. The summed E-state index contributed by atoms with van der Waals surface area (Å²) in [5, 5.41) is 10.2. The first-order valence-electron chi connectivity index (χ1n) is 7.83. The fraction of sp³-hybridized carbons (Fsp3) is 0.824. The standard InChI is InChI=1S/C17H32O3/c1-6-7-8-9-10-11-12-15(18)17(4,5)16(19)20-13-14(2)3/h14-15,18H,2-3,6-13H2,1,4-5H3. The Labute approximate surface area is 125 Å². The van der Waals surface area contributed by atoms with Crippen molar-refractivity contribution < 1.29 is 14.6 Å².